The van der Waals surface area contributed by atoms with Crippen molar-refractivity contribution in [3.63, 3.8) is 0 Å². The van der Waals surface area contributed by atoms with Crippen LogP contribution in [0.5, 0.6) is 0 Å². The number of nitro groups is 1. The number of nitrogens with zero attached hydrogens (tertiary/aromatic N) is 4. The summed E-state index contributed by atoms with van der Waals surface area (Å²) in [5.41, 5.74) is 1.85. The molecule has 0 amide bonds. The Balaban J connectivity index is 1.77. The number of benzene rings is 2. The summed E-state index contributed by atoms with van der Waals surface area (Å²) >= 11 is 1.10. The van der Waals surface area contributed by atoms with Crippen molar-refractivity contribution in [1.29, 1.82) is 0 Å². The van der Waals surface area contributed by atoms with E-state index in [1.54, 1.807) is 11.6 Å². The van der Waals surface area contributed by atoms with Crippen molar-refractivity contribution in [2.45, 2.75) is 23.6 Å². The Morgan fingerprint density at radius 2 is 2.11 bits per heavy atom. The summed E-state index contributed by atoms with van der Waals surface area (Å²) < 4.78 is 6.93. The SMILES string of the molecule is Cc1cccc(COC(=O)c2ccc(Sc3nncn3C)c([N+](=O)[O-])c2)c1. The van der Waals surface area contributed by atoms with Crippen LogP contribution in [0.3, 0.4) is 0 Å². The van der Waals surface area contributed by atoms with Crippen LogP contribution < -0.4 is 0 Å². The Kier molecular flexibility index (Phi) is 5.51. The van der Waals surface area contributed by atoms with Gasteiger partial charge in [-0.15, -0.1) is 10.2 Å². The van der Waals surface area contributed by atoms with Gasteiger partial charge in [-0.3, -0.25) is 10.1 Å². The molecule has 0 aliphatic carbocycles. The molecule has 8 nitrogen and oxygen atoms in total. The molecule has 3 aromatic rings. The van der Waals surface area contributed by atoms with Crippen LogP contribution >= 0.6 is 11.8 Å². The number of aryl methyl sites for hydroxylation is 2. The highest BCUT2D eigenvalue weighted by atomic mass is 32.2. The zero-order chi connectivity index (χ0) is 19.4. The molecule has 9 heteroatoms. The predicted octanol–water partition coefficient (Wildman–Crippen LogP) is 3.54. The van der Waals surface area contributed by atoms with Crippen LogP contribution in [0, 0.1) is 17.0 Å². The van der Waals surface area contributed by atoms with Gasteiger partial charge in [-0.1, -0.05) is 29.8 Å². The van der Waals surface area contributed by atoms with E-state index < -0.39 is 10.9 Å². The fraction of sp³-hybridized carbons (Fsp3) is 0.167. The zero-order valence-corrected chi connectivity index (χ0v) is 15.5. The van der Waals surface area contributed by atoms with Crippen LogP contribution in [0.4, 0.5) is 5.69 Å². The molecule has 138 valence electrons. The fourth-order valence-corrected chi connectivity index (χ4v) is 3.22. The molecule has 0 spiro atoms. The monoisotopic (exact) mass is 384 g/mol. The second kappa shape index (κ2) is 8.00. The third-order valence-electron chi connectivity index (χ3n) is 3.71. The number of carbonyl (C=O) groups excluding carboxylic acids is 1. The number of hydrogen-bond acceptors (Lipinski definition) is 7. The van der Waals surface area contributed by atoms with Gasteiger partial charge in [-0.25, -0.2) is 4.79 Å². The second-order valence-corrected chi connectivity index (χ2v) is 6.84. The molecular formula is C18H16N4O4S. The van der Waals surface area contributed by atoms with Crippen molar-refractivity contribution in [2.75, 3.05) is 0 Å². The van der Waals surface area contributed by atoms with Crippen LogP contribution in [-0.4, -0.2) is 25.7 Å². The van der Waals surface area contributed by atoms with Crippen LogP contribution in [0.2, 0.25) is 0 Å². The molecule has 0 N–H and O–H groups in total. The molecule has 0 aliphatic heterocycles. The Bertz CT molecular complexity index is 1000. The van der Waals surface area contributed by atoms with E-state index in [2.05, 4.69) is 10.2 Å². The summed E-state index contributed by atoms with van der Waals surface area (Å²) in [5, 5.41) is 19.6. The van der Waals surface area contributed by atoms with Gasteiger partial charge in [0.1, 0.15) is 12.9 Å². The van der Waals surface area contributed by atoms with E-state index in [1.165, 1.54) is 24.5 Å². The molecule has 0 saturated heterocycles. The maximum atomic E-state index is 12.3. The maximum absolute atomic E-state index is 12.3. The summed E-state index contributed by atoms with van der Waals surface area (Å²) in [4.78, 5) is 23.5. The van der Waals surface area contributed by atoms with Crippen molar-refractivity contribution < 1.29 is 14.5 Å². The van der Waals surface area contributed by atoms with Gasteiger partial charge in [0.15, 0.2) is 5.16 Å². The molecule has 3 rings (SSSR count). The lowest BCUT2D eigenvalue weighted by molar-refractivity contribution is -0.387. The Morgan fingerprint density at radius 1 is 1.30 bits per heavy atom. The third-order valence-corrected chi connectivity index (χ3v) is 4.83. The van der Waals surface area contributed by atoms with E-state index in [4.69, 9.17) is 4.74 Å². The number of ether oxygens (including phenoxy) is 1. The number of rotatable bonds is 6. The molecule has 27 heavy (non-hydrogen) atoms. The summed E-state index contributed by atoms with van der Waals surface area (Å²) in [6.07, 6.45) is 1.51. The first-order chi connectivity index (χ1) is 12.9. The smallest absolute Gasteiger partial charge is 0.338 e. The number of hydrogen-bond donors (Lipinski definition) is 0. The fourth-order valence-electron chi connectivity index (χ4n) is 2.37. The number of esters is 1. The molecule has 0 bridgehead atoms. The summed E-state index contributed by atoms with van der Waals surface area (Å²) in [7, 11) is 1.74. The van der Waals surface area contributed by atoms with Crippen molar-refractivity contribution >= 4 is 23.4 Å². The van der Waals surface area contributed by atoms with Gasteiger partial charge in [-0.2, -0.15) is 0 Å². The number of carbonyl (C=O) groups is 1. The molecule has 0 saturated carbocycles. The molecule has 2 aromatic carbocycles. The van der Waals surface area contributed by atoms with Gasteiger partial charge in [-0.05, 0) is 36.4 Å². The minimum atomic E-state index is -0.616. The zero-order valence-electron chi connectivity index (χ0n) is 14.7. The lowest BCUT2D eigenvalue weighted by atomic mass is 10.1. The first-order valence-corrected chi connectivity index (χ1v) is 8.78. The standard InChI is InChI=1S/C18H16N4O4S/c1-12-4-3-5-13(8-12)10-26-17(23)14-6-7-16(15(9-14)22(24)25)27-18-20-19-11-21(18)2/h3-9,11H,10H2,1-2H3. The van der Waals surface area contributed by atoms with E-state index in [9.17, 15) is 14.9 Å². The van der Waals surface area contributed by atoms with Crippen molar-refractivity contribution in [1.82, 2.24) is 14.8 Å². The Morgan fingerprint density at radius 3 is 2.78 bits per heavy atom. The van der Waals surface area contributed by atoms with E-state index in [1.807, 2.05) is 31.2 Å². The van der Waals surface area contributed by atoms with E-state index in [0.29, 0.717) is 10.1 Å². The molecule has 0 aliphatic rings. The normalized spacial score (nSPS) is 10.6. The highest BCUT2D eigenvalue weighted by molar-refractivity contribution is 7.99. The van der Waals surface area contributed by atoms with Crippen molar-refractivity contribution in [3.05, 3.63) is 75.6 Å². The van der Waals surface area contributed by atoms with Crippen LogP contribution in [0.1, 0.15) is 21.5 Å². The van der Waals surface area contributed by atoms with Crippen molar-refractivity contribution in [3.8, 4) is 0 Å². The van der Waals surface area contributed by atoms with Gasteiger partial charge in [0, 0.05) is 13.1 Å². The van der Waals surface area contributed by atoms with Gasteiger partial charge < -0.3 is 9.30 Å². The topological polar surface area (TPSA) is 100 Å². The van der Waals surface area contributed by atoms with Crippen LogP contribution in [-0.2, 0) is 18.4 Å². The van der Waals surface area contributed by atoms with Crippen LogP contribution in [0.15, 0.2) is 58.8 Å². The van der Waals surface area contributed by atoms with Gasteiger partial charge in [0.25, 0.3) is 5.69 Å². The summed E-state index contributed by atoms with van der Waals surface area (Å²) in [6.45, 7) is 2.05. The molecule has 0 fully saturated rings. The maximum Gasteiger partial charge on any atom is 0.338 e. The molecule has 0 radical (unpaired) electrons. The first kappa shape index (κ1) is 18.6. The lowest BCUT2D eigenvalue weighted by Crippen LogP contribution is -2.06. The third kappa shape index (κ3) is 4.50. The van der Waals surface area contributed by atoms with E-state index in [0.717, 1.165) is 22.9 Å². The summed E-state index contributed by atoms with van der Waals surface area (Å²) in [6, 6.07) is 11.8. The minimum absolute atomic E-state index is 0.101. The second-order valence-electron chi connectivity index (χ2n) is 5.83. The van der Waals surface area contributed by atoms with E-state index >= 15 is 0 Å². The van der Waals surface area contributed by atoms with Gasteiger partial charge >= 0.3 is 5.97 Å². The summed E-state index contributed by atoms with van der Waals surface area (Å²) in [5.74, 6) is -0.616. The van der Waals surface area contributed by atoms with Gasteiger partial charge in [0.2, 0.25) is 0 Å². The first-order valence-electron chi connectivity index (χ1n) is 7.97. The molecule has 1 heterocycles. The minimum Gasteiger partial charge on any atom is -0.457 e. The molecule has 0 atom stereocenters. The predicted molar refractivity (Wildman–Crippen MR) is 98.5 cm³/mol. The Hall–Kier alpha value is -3.20. The van der Waals surface area contributed by atoms with E-state index in [-0.39, 0.29) is 17.9 Å². The Labute approximate surface area is 159 Å². The quantitative estimate of drug-likeness (QED) is 0.364. The van der Waals surface area contributed by atoms with Crippen LogP contribution in [0.25, 0.3) is 0 Å². The molecule has 0 unspecified atom stereocenters. The number of aromatic nitrogens is 3. The highest BCUT2D eigenvalue weighted by Gasteiger charge is 2.20. The lowest BCUT2D eigenvalue weighted by Gasteiger charge is -2.07. The highest BCUT2D eigenvalue weighted by Crippen LogP contribution is 2.34. The molecule has 1 aromatic heterocycles. The number of nitro benzene ring substituents is 1. The van der Waals surface area contributed by atoms with Gasteiger partial charge in [0.05, 0.1) is 15.4 Å². The molecular weight excluding hydrogens is 368 g/mol. The van der Waals surface area contributed by atoms with Crippen molar-refractivity contribution in [2.24, 2.45) is 7.05 Å². The average Bonchev–Trinajstić information content (AvgIpc) is 3.04. The largest absolute Gasteiger partial charge is 0.457 e. The average molecular weight is 384 g/mol.